The molecule has 0 radical (unpaired) electrons. The van der Waals surface area contributed by atoms with Crippen LogP contribution in [0.1, 0.15) is 33.6 Å². The lowest BCUT2D eigenvalue weighted by Gasteiger charge is -2.31. The van der Waals surface area contributed by atoms with E-state index in [0.717, 1.165) is 15.8 Å². The van der Waals surface area contributed by atoms with Gasteiger partial charge in [0.25, 0.3) is 5.91 Å². The van der Waals surface area contributed by atoms with Gasteiger partial charge in [0.15, 0.2) is 6.61 Å². The number of fused-ring (bicyclic) bond motifs is 2. The van der Waals surface area contributed by atoms with Gasteiger partial charge in [-0.05, 0) is 73.7 Å². The van der Waals surface area contributed by atoms with Gasteiger partial charge in [-0.25, -0.2) is 9.69 Å². The number of thioether (sulfide) groups is 1. The van der Waals surface area contributed by atoms with E-state index in [4.69, 9.17) is 9.47 Å². The summed E-state index contributed by atoms with van der Waals surface area (Å²) >= 11 is 9.07. The Labute approximate surface area is 281 Å². The van der Waals surface area contributed by atoms with E-state index in [2.05, 4.69) is 42.2 Å². The quantitative estimate of drug-likeness (QED) is 0.166. The molecule has 14 heteroatoms. The third-order valence-electron chi connectivity index (χ3n) is 7.25. The zero-order chi connectivity index (χ0) is 31.8. The molecule has 3 unspecified atom stereocenters. The number of carbonyl (C=O) groups excluding carboxylic acids is 4. The second kappa shape index (κ2) is 12.9. The van der Waals surface area contributed by atoms with Gasteiger partial charge in [0.05, 0.1) is 28.8 Å². The number of hydrogen-bond donors (Lipinski definition) is 2. The fourth-order valence-corrected chi connectivity index (χ4v) is 8.48. The molecule has 230 valence electrons. The van der Waals surface area contributed by atoms with Crippen LogP contribution in [0.4, 0.5) is 11.4 Å². The number of halogens is 2. The summed E-state index contributed by atoms with van der Waals surface area (Å²) in [5, 5.41) is 2.49. The lowest BCUT2D eigenvalue weighted by atomic mass is 9.82. The predicted octanol–water partition coefficient (Wildman–Crippen LogP) is 5.95. The van der Waals surface area contributed by atoms with Gasteiger partial charge in [-0.2, -0.15) is 0 Å². The minimum absolute atomic E-state index is 0.256. The number of thiazole rings is 1. The summed E-state index contributed by atoms with van der Waals surface area (Å²) < 4.78 is 12.5. The molecule has 2 aliphatic rings. The first-order chi connectivity index (χ1) is 21.6. The first kappa shape index (κ1) is 31.3. The number of nitrogens with zero attached hydrogens (tertiary/aromatic N) is 1. The Bertz CT molecular complexity index is 1880. The first-order valence-corrected chi connectivity index (χ1v) is 16.9. The monoisotopic (exact) mass is 771 g/mol. The summed E-state index contributed by atoms with van der Waals surface area (Å²) in [6.07, 6.45) is 0. The predicted molar refractivity (Wildman–Crippen MR) is 177 cm³/mol. The van der Waals surface area contributed by atoms with Crippen molar-refractivity contribution in [3.05, 3.63) is 101 Å². The Hall–Kier alpha value is -3.72. The molecule has 1 fully saturated rings. The Balaban J connectivity index is 1.28. The van der Waals surface area contributed by atoms with Crippen molar-refractivity contribution in [3.63, 3.8) is 0 Å². The molecule has 0 aliphatic carbocycles. The Morgan fingerprint density at radius 1 is 0.956 bits per heavy atom. The number of benzene rings is 3. The summed E-state index contributed by atoms with van der Waals surface area (Å²) in [5.74, 6) is -2.85. The van der Waals surface area contributed by atoms with Gasteiger partial charge in [-0.15, -0.1) is 0 Å². The molecule has 0 bridgehead atoms. The van der Waals surface area contributed by atoms with Crippen LogP contribution in [0.2, 0.25) is 0 Å². The molecule has 3 amide bonds. The van der Waals surface area contributed by atoms with Crippen LogP contribution in [0, 0.1) is 5.92 Å². The lowest BCUT2D eigenvalue weighted by Crippen LogP contribution is -2.32. The van der Waals surface area contributed by atoms with Crippen molar-refractivity contribution in [2.24, 2.45) is 5.92 Å². The standard InChI is InChI=1S/C31H23Br2N3O7S2/c1-2-42-30(40)15-3-8-18(9-4-15)34-22(37)14-43-21-12-7-17(33)13-20(21)23-24-26(44-27-25(23)45-31(41)35-27)29(39)36(28(24)38)19-10-5-16(32)6-11-19/h3-13,23-24,26H,2,14H2,1H3,(H,34,37)(H,35,41). The molecular weight excluding hydrogens is 750 g/mol. The second-order valence-electron chi connectivity index (χ2n) is 10.1. The van der Waals surface area contributed by atoms with Gasteiger partial charge in [0.1, 0.15) is 11.0 Å². The van der Waals surface area contributed by atoms with Gasteiger partial charge in [-0.3, -0.25) is 19.2 Å². The molecule has 10 nitrogen and oxygen atoms in total. The van der Waals surface area contributed by atoms with Crippen molar-refractivity contribution in [2.75, 3.05) is 23.4 Å². The summed E-state index contributed by atoms with van der Waals surface area (Å²) in [6.45, 7) is 1.61. The number of esters is 1. The highest BCUT2D eigenvalue weighted by molar-refractivity contribution is 9.10. The van der Waals surface area contributed by atoms with Crippen molar-refractivity contribution in [1.29, 1.82) is 0 Å². The van der Waals surface area contributed by atoms with E-state index < -0.39 is 29.0 Å². The molecule has 2 aliphatic heterocycles. The van der Waals surface area contributed by atoms with Crippen LogP contribution < -0.4 is 19.8 Å². The fourth-order valence-electron chi connectivity index (χ4n) is 5.34. The van der Waals surface area contributed by atoms with Gasteiger partial charge in [-0.1, -0.05) is 55.0 Å². The molecule has 45 heavy (non-hydrogen) atoms. The fraction of sp³-hybridized carbons (Fsp3) is 0.194. The summed E-state index contributed by atoms with van der Waals surface area (Å²) in [6, 6.07) is 18.4. The highest BCUT2D eigenvalue weighted by Crippen LogP contribution is 2.54. The Kier molecular flexibility index (Phi) is 9.00. The zero-order valence-corrected chi connectivity index (χ0v) is 28.2. The molecule has 0 spiro atoms. The normalized spacial score (nSPS) is 18.7. The summed E-state index contributed by atoms with van der Waals surface area (Å²) in [4.78, 5) is 69.4. The van der Waals surface area contributed by atoms with Crippen LogP contribution in [-0.2, 0) is 19.1 Å². The van der Waals surface area contributed by atoms with Gasteiger partial charge < -0.3 is 19.8 Å². The van der Waals surface area contributed by atoms with E-state index in [1.54, 1.807) is 73.7 Å². The number of hydrogen-bond acceptors (Lipinski definition) is 9. The van der Waals surface area contributed by atoms with Crippen molar-refractivity contribution < 1.29 is 28.7 Å². The van der Waals surface area contributed by atoms with Crippen molar-refractivity contribution in [1.82, 2.24) is 4.98 Å². The largest absolute Gasteiger partial charge is 0.483 e. The molecule has 0 saturated carbocycles. The second-order valence-corrected chi connectivity index (χ2v) is 14.1. The number of aromatic nitrogens is 1. The van der Waals surface area contributed by atoms with Gasteiger partial charge in [0.2, 0.25) is 11.8 Å². The third kappa shape index (κ3) is 6.24. The zero-order valence-electron chi connectivity index (χ0n) is 23.4. The van der Waals surface area contributed by atoms with Crippen molar-refractivity contribution >= 4 is 90.0 Å². The highest BCUT2D eigenvalue weighted by atomic mass is 79.9. The number of nitrogens with one attached hydrogen (secondary N) is 2. The van der Waals surface area contributed by atoms with Gasteiger partial charge in [0, 0.05) is 31.0 Å². The number of imide groups is 1. The molecule has 4 aromatic rings. The molecule has 6 rings (SSSR count). The summed E-state index contributed by atoms with van der Waals surface area (Å²) in [7, 11) is 0. The number of aromatic amines is 1. The molecule has 3 aromatic carbocycles. The lowest BCUT2D eigenvalue weighted by molar-refractivity contribution is -0.122. The maximum Gasteiger partial charge on any atom is 0.338 e. The number of H-pyrrole nitrogens is 1. The molecule has 3 atom stereocenters. The number of ether oxygens (including phenoxy) is 2. The Morgan fingerprint density at radius 3 is 2.38 bits per heavy atom. The van der Waals surface area contributed by atoms with E-state index in [-0.39, 0.29) is 29.9 Å². The molecule has 1 aromatic heterocycles. The highest BCUT2D eigenvalue weighted by Gasteiger charge is 2.56. The first-order valence-electron chi connectivity index (χ1n) is 13.7. The number of carbonyl (C=O) groups is 4. The van der Waals surface area contributed by atoms with Crippen LogP contribution in [-0.4, -0.2) is 47.1 Å². The summed E-state index contributed by atoms with van der Waals surface area (Å²) in [5.41, 5.74) is 1.84. The molecule has 3 heterocycles. The van der Waals surface area contributed by atoms with E-state index >= 15 is 0 Å². The third-order valence-corrected chi connectivity index (χ3v) is 10.7. The van der Waals surface area contributed by atoms with E-state index in [1.165, 1.54) is 16.7 Å². The SMILES string of the molecule is CCOC(=O)c1ccc(NC(=O)COc2ccc(Br)cc2C2c3sc(=O)[nH]c3SC3C(=O)N(c4ccc(Br)cc4)C(=O)C32)cc1. The molecule has 2 N–H and O–H groups in total. The maximum atomic E-state index is 14.1. The van der Waals surface area contributed by atoms with Crippen LogP contribution in [0.3, 0.4) is 0 Å². The maximum absolute atomic E-state index is 14.1. The van der Waals surface area contributed by atoms with Crippen LogP contribution in [0.25, 0.3) is 0 Å². The minimum Gasteiger partial charge on any atom is -0.483 e. The van der Waals surface area contributed by atoms with Crippen LogP contribution >= 0.6 is 55.0 Å². The van der Waals surface area contributed by atoms with E-state index in [1.807, 2.05) is 0 Å². The van der Waals surface area contributed by atoms with Crippen molar-refractivity contribution in [3.8, 4) is 5.75 Å². The van der Waals surface area contributed by atoms with Crippen LogP contribution in [0.15, 0.2) is 85.5 Å². The topological polar surface area (TPSA) is 135 Å². The molecule has 1 saturated heterocycles. The minimum atomic E-state index is -0.825. The smallest absolute Gasteiger partial charge is 0.338 e. The number of anilines is 2. The Morgan fingerprint density at radius 2 is 1.67 bits per heavy atom. The number of amides is 3. The van der Waals surface area contributed by atoms with Crippen LogP contribution in [0.5, 0.6) is 5.75 Å². The number of rotatable bonds is 8. The van der Waals surface area contributed by atoms with Crippen molar-refractivity contribution in [2.45, 2.75) is 23.1 Å². The van der Waals surface area contributed by atoms with E-state index in [0.29, 0.717) is 42.6 Å². The average Bonchev–Trinajstić information content (AvgIpc) is 3.51. The molecular formula is C31H23Br2N3O7S2. The average molecular weight is 773 g/mol. The van der Waals surface area contributed by atoms with Gasteiger partial charge >= 0.3 is 10.8 Å². The van der Waals surface area contributed by atoms with E-state index in [9.17, 15) is 24.0 Å².